The van der Waals surface area contributed by atoms with Crippen molar-refractivity contribution in [3.05, 3.63) is 0 Å². The third-order valence-corrected chi connectivity index (χ3v) is 2.65. The Morgan fingerprint density at radius 1 is 1.14 bits per heavy atom. The number of carboxylic acids is 1. The fourth-order valence-electron chi connectivity index (χ4n) is 1.69. The second-order valence-corrected chi connectivity index (χ2v) is 5.85. The highest BCUT2D eigenvalue weighted by Gasteiger charge is 2.27. The Labute approximate surface area is 125 Å². The molecule has 0 spiro atoms. The molecule has 0 saturated heterocycles. The average molecular weight is 302 g/mol. The minimum absolute atomic E-state index is 0.00469. The van der Waals surface area contributed by atoms with Gasteiger partial charge in [-0.05, 0) is 34.1 Å². The van der Waals surface area contributed by atoms with E-state index in [1.807, 2.05) is 6.92 Å². The van der Waals surface area contributed by atoms with Crippen molar-refractivity contribution in [3.8, 4) is 0 Å². The molecule has 1 unspecified atom stereocenters. The molecule has 0 aromatic carbocycles. The van der Waals surface area contributed by atoms with Crippen LogP contribution in [0.3, 0.4) is 0 Å². The first kappa shape index (κ1) is 19.6. The Morgan fingerprint density at radius 2 is 1.76 bits per heavy atom. The lowest BCUT2D eigenvalue weighted by molar-refractivity contribution is -0.161. The topological polar surface area (TPSA) is 89.9 Å². The number of Topliss-reactive ketones (excluding diaryl/α,β-unsaturated/α-hetero) is 1. The lowest BCUT2D eigenvalue weighted by Gasteiger charge is -2.23. The summed E-state index contributed by atoms with van der Waals surface area (Å²) in [5, 5.41) is 8.73. The summed E-state index contributed by atoms with van der Waals surface area (Å²) in [6, 6.07) is 0. The molecule has 122 valence electrons. The lowest BCUT2D eigenvalue weighted by atomic mass is 9.95. The zero-order valence-electron chi connectivity index (χ0n) is 13.3. The Morgan fingerprint density at radius 3 is 2.24 bits per heavy atom. The van der Waals surface area contributed by atoms with Gasteiger partial charge < -0.3 is 14.6 Å². The molecule has 21 heavy (non-hydrogen) atoms. The number of esters is 1. The Balaban J connectivity index is 4.54. The van der Waals surface area contributed by atoms with Gasteiger partial charge in [0, 0.05) is 25.9 Å². The minimum atomic E-state index is -0.995. The first-order valence-electron chi connectivity index (χ1n) is 7.19. The first-order chi connectivity index (χ1) is 9.65. The van der Waals surface area contributed by atoms with Crippen LogP contribution in [0, 0.1) is 5.92 Å². The molecule has 1 N–H and O–H groups in total. The van der Waals surface area contributed by atoms with Crippen molar-refractivity contribution in [2.45, 2.75) is 59.0 Å². The molecule has 6 nitrogen and oxygen atoms in total. The molecule has 6 heteroatoms. The molecular formula is C15H26O6. The number of hydrogen-bond acceptors (Lipinski definition) is 5. The van der Waals surface area contributed by atoms with Crippen LogP contribution in [0.2, 0.25) is 0 Å². The van der Waals surface area contributed by atoms with Crippen molar-refractivity contribution >= 4 is 17.7 Å². The zero-order valence-corrected chi connectivity index (χ0v) is 13.3. The number of carboxylic acid groups (broad SMARTS) is 1. The van der Waals surface area contributed by atoms with Crippen molar-refractivity contribution in [2.24, 2.45) is 5.92 Å². The van der Waals surface area contributed by atoms with Crippen LogP contribution in [0.15, 0.2) is 0 Å². The minimum Gasteiger partial charge on any atom is -0.481 e. The SMILES string of the molecule is CCOCCC(=O)CC(CCC(=O)O)C(=O)OC(C)(C)C. The zero-order chi connectivity index (χ0) is 16.5. The predicted octanol–water partition coefficient (Wildman–Crippen LogP) is 2.19. The molecule has 0 aromatic heterocycles. The highest BCUT2D eigenvalue weighted by molar-refractivity contribution is 5.85. The van der Waals surface area contributed by atoms with Gasteiger partial charge in [0.2, 0.25) is 0 Å². The normalized spacial score (nSPS) is 12.8. The van der Waals surface area contributed by atoms with Crippen LogP contribution in [0.25, 0.3) is 0 Å². The average Bonchev–Trinajstić information content (AvgIpc) is 2.32. The lowest BCUT2D eigenvalue weighted by Crippen LogP contribution is -2.30. The van der Waals surface area contributed by atoms with E-state index in [-0.39, 0.29) is 31.5 Å². The van der Waals surface area contributed by atoms with Gasteiger partial charge in [-0.3, -0.25) is 14.4 Å². The molecule has 0 rings (SSSR count). The van der Waals surface area contributed by atoms with E-state index >= 15 is 0 Å². The van der Waals surface area contributed by atoms with Crippen molar-refractivity contribution in [1.82, 2.24) is 0 Å². The number of ether oxygens (including phenoxy) is 2. The summed E-state index contributed by atoms with van der Waals surface area (Å²) in [5.74, 6) is -2.35. The standard InChI is InChI=1S/C15H26O6/c1-5-20-9-8-12(16)10-11(6-7-13(17)18)14(19)21-15(2,3)4/h11H,5-10H2,1-4H3,(H,17,18). The van der Waals surface area contributed by atoms with Crippen molar-refractivity contribution in [2.75, 3.05) is 13.2 Å². The van der Waals surface area contributed by atoms with Crippen molar-refractivity contribution in [3.63, 3.8) is 0 Å². The highest BCUT2D eigenvalue weighted by atomic mass is 16.6. The summed E-state index contributed by atoms with van der Waals surface area (Å²) in [4.78, 5) is 34.5. The van der Waals surface area contributed by atoms with Gasteiger partial charge in [-0.2, -0.15) is 0 Å². The van der Waals surface area contributed by atoms with E-state index < -0.39 is 23.5 Å². The van der Waals surface area contributed by atoms with Crippen LogP contribution >= 0.6 is 0 Å². The smallest absolute Gasteiger partial charge is 0.309 e. The van der Waals surface area contributed by atoms with Gasteiger partial charge in [0.05, 0.1) is 12.5 Å². The van der Waals surface area contributed by atoms with Crippen LogP contribution in [0.5, 0.6) is 0 Å². The summed E-state index contributed by atoms with van der Waals surface area (Å²) in [7, 11) is 0. The van der Waals surface area contributed by atoms with E-state index in [0.29, 0.717) is 13.2 Å². The fraction of sp³-hybridized carbons (Fsp3) is 0.800. The van der Waals surface area contributed by atoms with E-state index in [1.165, 1.54) is 0 Å². The van der Waals surface area contributed by atoms with Gasteiger partial charge >= 0.3 is 11.9 Å². The number of hydrogen-bond donors (Lipinski definition) is 1. The van der Waals surface area contributed by atoms with Gasteiger partial charge in [-0.15, -0.1) is 0 Å². The van der Waals surface area contributed by atoms with E-state index in [9.17, 15) is 14.4 Å². The van der Waals surface area contributed by atoms with E-state index in [0.717, 1.165) is 0 Å². The summed E-state index contributed by atoms with van der Waals surface area (Å²) in [6.07, 6.45) is 0.156. The number of carbonyl (C=O) groups is 3. The summed E-state index contributed by atoms with van der Waals surface area (Å²) in [6.45, 7) is 7.88. The van der Waals surface area contributed by atoms with Gasteiger partial charge in [-0.25, -0.2) is 0 Å². The molecule has 0 radical (unpaired) electrons. The molecular weight excluding hydrogens is 276 g/mol. The molecule has 0 amide bonds. The summed E-state index contributed by atoms with van der Waals surface area (Å²) >= 11 is 0. The second kappa shape index (κ2) is 9.50. The second-order valence-electron chi connectivity index (χ2n) is 5.85. The molecule has 1 atom stereocenters. The molecule has 0 saturated carbocycles. The van der Waals surface area contributed by atoms with Crippen LogP contribution in [-0.2, 0) is 23.9 Å². The molecule has 0 bridgehead atoms. The molecule has 0 fully saturated rings. The number of rotatable bonds is 10. The maximum absolute atomic E-state index is 12.0. The third-order valence-electron chi connectivity index (χ3n) is 2.65. The van der Waals surface area contributed by atoms with E-state index in [2.05, 4.69) is 0 Å². The van der Waals surface area contributed by atoms with Crippen LogP contribution in [-0.4, -0.2) is 41.6 Å². The third kappa shape index (κ3) is 11.0. The van der Waals surface area contributed by atoms with Gasteiger partial charge in [0.25, 0.3) is 0 Å². The molecule has 0 aromatic rings. The van der Waals surface area contributed by atoms with E-state index in [1.54, 1.807) is 20.8 Å². The first-order valence-corrected chi connectivity index (χ1v) is 7.19. The van der Waals surface area contributed by atoms with Gasteiger partial charge in [-0.1, -0.05) is 0 Å². The highest BCUT2D eigenvalue weighted by Crippen LogP contribution is 2.19. The van der Waals surface area contributed by atoms with Gasteiger partial charge in [0.15, 0.2) is 0 Å². The van der Waals surface area contributed by atoms with Crippen LogP contribution in [0.4, 0.5) is 0 Å². The maximum atomic E-state index is 12.0. The van der Waals surface area contributed by atoms with Crippen molar-refractivity contribution < 1.29 is 29.0 Å². The monoisotopic (exact) mass is 302 g/mol. The molecule has 0 aliphatic rings. The van der Waals surface area contributed by atoms with Crippen molar-refractivity contribution in [1.29, 1.82) is 0 Å². The molecule has 0 aliphatic heterocycles. The molecule has 0 aliphatic carbocycles. The Bertz CT molecular complexity index is 356. The Kier molecular flexibility index (Phi) is 8.85. The largest absolute Gasteiger partial charge is 0.481 e. The summed E-state index contributed by atoms with van der Waals surface area (Å²) in [5.41, 5.74) is -0.660. The quantitative estimate of drug-likeness (QED) is 0.491. The Hall–Kier alpha value is -1.43. The number of carbonyl (C=O) groups excluding carboxylic acids is 2. The number of aliphatic carboxylic acids is 1. The van der Waals surface area contributed by atoms with E-state index in [4.69, 9.17) is 14.6 Å². The summed E-state index contributed by atoms with van der Waals surface area (Å²) < 4.78 is 10.3. The van der Waals surface area contributed by atoms with Crippen LogP contribution in [0.1, 0.15) is 53.4 Å². The van der Waals surface area contributed by atoms with Crippen LogP contribution < -0.4 is 0 Å². The fourth-order valence-corrected chi connectivity index (χ4v) is 1.69. The molecule has 0 heterocycles. The maximum Gasteiger partial charge on any atom is 0.309 e. The van der Waals surface area contributed by atoms with Gasteiger partial charge in [0.1, 0.15) is 11.4 Å². The predicted molar refractivity (Wildman–Crippen MR) is 76.9 cm³/mol. The number of ketones is 1.